The van der Waals surface area contributed by atoms with Crippen molar-refractivity contribution in [1.29, 1.82) is 0 Å². The van der Waals surface area contributed by atoms with E-state index in [1.807, 2.05) is 0 Å². The Balaban J connectivity index is 3.67. The van der Waals surface area contributed by atoms with Crippen molar-refractivity contribution in [1.82, 2.24) is 0 Å². The van der Waals surface area contributed by atoms with Gasteiger partial charge in [-0.05, 0) is 12.8 Å². The summed E-state index contributed by atoms with van der Waals surface area (Å²) in [4.78, 5) is 10.5. The molecule has 1 unspecified atom stereocenters. The second-order valence-electron chi connectivity index (χ2n) is 3.21. The molecule has 0 aliphatic heterocycles. The van der Waals surface area contributed by atoms with E-state index >= 15 is 0 Å². The van der Waals surface area contributed by atoms with E-state index in [9.17, 15) is 18.0 Å². The largest absolute Gasteiger partial charge is 0.479 e. The van der Waals surface area contributed by atoms with Gasteiger partial charge in [-0.25, -0.2) is 4.79 Å². The summed E-state index contributed by atoms with van der Waals surface area (Å²) in [6.45, 7) is 1.62. The van der Waals surface area contributed by atoms with Gasteiger partial charge in [0.05, 0.1) is 0 Å². The first-order valence-electron chi connectivity index (χ1n) is 4.78. The molecule has 0 heterocycles. The number of hydrogen-bond donors (Lipinski definition) is 1. The van der Waals surface area contributed by atoms with Crippen molar-refractivity contribution in [2.24, 2.45) is 0 Å². The van der Waals surface area contributed by atoms with Crippen LogP contribution in [0.5, 0.6) is 0 Å². The van der Waals surface area contributed by atoms with E-state index in [1.165, 1.54) is 0 Å². The maximum Gasteiger partial charge on any atom is 0.389 e. The molecule has 0 aromatic carbocycles. The lowest BCUT2D eigenvalue weighted by Gasteiger charge is -2.12. The van der Waals surface area contributed by atoms with E-state index in [0.717, 1.165) is 0 Å². The predicted octanol–water partition coefficient (Wildman–Crippen LogP) is 2.60. The fraction of sp³-hybridized carbons (Fsp3) is 0.889. The van der Waals surface area contributed by atoms with E-state index in [0.29, 0.717) is 12.8 Å². The van der Waals surface area contributed by atoms with Crippen molar-refractivity contribution in [2.75, 3.05) is 6.61 Å². The van der Waals surface area contributed by atoms with Crippen molar-refractivity contribution in [3.05, 3.63) is 0 Å². The lowest BCUT2D eigenvalue weighted by molar-refractivity contribution is -0.153. The van der Waals surface area contributed by atoms with Crippen LogP contribution in [-0.4, -0.2) is 30.0 Å². The molecular formula is C9H15F3O3. The van der Waals surface area contributed by atoms with Crippen LogP contribution in [0.25, 0.3) is 0 Å². The summed E-state index contributed by atoms with van der Waals surface area (Å²) < 4.78 is 40.0. The topological polar surface area (TPSA) is 46.5 Å². The number of alkyl halides is 3. The van der Waals surface area contributed by atoms with Gasteiger partial charge in [0.1, 0.15) is 0 Å². The molecule has 0 aromatic heterocycles. The maximum absolute atomic E-state index is 11.7. The first-order chi connectivity index (χ1) is 6.87. The third kappa shape index (κ3) is 8.23. The SMILES string of the molecule is CCCC(OCCCC(F)(F)F)C(=O)O. The fourth-order valence-electron chi connectivity index (χ4n) is 1.04. The molecule has 0 aliphatic rings. The molecule has 1 atom stereocenters. The minimum atomic E-state index is -4.20. The lowest BCUT2D eigenvalue weighted by atomic mass is 10.2. The monoisotopic (exact) mass is 228 g/mol. The number of carboxylic acids is 1. The number of aliphatic carboxylic acids is 1. The summed E-state index contributed by atoms with van der Waals surface area (Å²) in [6.07, 6.45) is -5.38. The van der Waals surface area contributed by atoms with Crippen molar-refractivity contribution in [2.45, 2.75) is 44.9 Å². The number of hydrogen-bond acceptors (Lipinski definition) is 2. The van der Waals surface area contributed by atoms with E-state index in [1.54, 1.807) is 6.92 Å². The third-order valence-electron chi connectivity index (χ3n) is 1.75. The van der Waals surface area contributed by atoms with Crippen molar-refractivity contribution >= 4 is 5.97 Å². The molecule has 0 amide bonds. The first kappa shape index (κ1) is 14.2. The zero-order valence-corrected chi connectivity index (χ0v) is 8.51. The Morgan fingerprint density at radius 3 is 2.47 bits per heavy atom. The fourth-order valence-corrected chi connectivity index (χ4v) is 1.04. The van der Waals surface area contributed by atoms with Gasteiger partial charge in [-0.3, -0.25) is 0 Å². The second kappa shape index (κ2) is 6.66. The summed E-state index contributed by atoms with van der Waals surface area (Å²) in [7, 11) is 0. The lowest BCUT2D eigenvalue weighted by Crippen LogP contribution is -2.24. The molecule has 0 aliphatic carbocycles. The molecule has 0 saturated heterocycles. The Hall–Kier alpha value is -0.780. The summed E-state index contributed by atoms with van der Waals surface area (Å²) in [5.41, 5.74) is 0. The molecule has 1 N–H and O–H groups in total. The van der Waals surface area contributed by atoms with Gasteiger partial charge in [-0.15, -0.1) is 0 Å². The van der Waals surface area contributed by atoms with Gasteiger partial charge in [0.15, 0.2) is 6.10 Å². The first-order valence-corrected chi connectivity index (χ1v) is 4.78. The van der Waals surface area contributed by atoms with Gasteiger partial charge in [-0.1, -0.05) is 13.3 Å². The molecule has 3 nitrogen and oxygen atoms in total. The van der Waals surface area contributed by atoms with Gasteiger partial charge in [0, 0.05) is 13.0 Å². The molecule has 0 spiro atoms. The Morgan fingerprint density at radius 2 is 2.07 bits per heavy atom. The highest BCUT2D eigenvalue weighted by molar-refractivity contribution is 5.72. The smallest absolute Gasteiger partial charge is 0.389 e. The van der Waals surface area contributed by atoms with E-state index < -0.39 is 24.7 Å². The Kier molecular flexibility index (Phi) is 6.31. The number of halogens is 3. The zero-order valence-electron chi connectivity index (χ0n) is 8.51. The molecule has 0 bridgehead atoms. The molecule has 0 rings (SSSR count). The quantitative estimate of drug-likeness (QED) is 0.681. The van der Waals surface area contributed by atoms with Crippen LogP contribution in [0.3, 0.4) is 0 Å². The van der Waals surface area contributed by atoms with Crippen molar-refractivity contribution in [3.8, 4) is 0 Å². The van der Waals surface area contributed by atoms with Crippen molar-refractivity contribution in [3.63, 3.8) is 0 Å². The van der Waals surface area contributed by atoms with Gasteiger partial charge >= 0.3 is 12.1 Å². The molecule has 0 fully saturated rings. The molecular weight excluding hydrogens is 213 g/mol. The Morgan fingerprint density at radius 1 is 1.47 bits per heavy atom. The van der Waals surface area contributed by atoms with Gasteiger partial charge < -0.3 is 9.84 Å². The molecule has 15 heavy (non-hydrogen) atoms. The molecule has 0 saturated carbocycles. The van der Waals surface area contributed by atoms with E-state index in [-0.39, 0.29) is 13.0 Å². The second-order valence-corrected chi connectivity index (χ2v) is 3.21. The highest BCUT2D eigenvalue weighted by atomic mass is 19.4. The van der Waals surface area contributed by atoms with Crippen molar-refractivity contribution < 1.29 is 27.8 Å². The molecule has 6 heteroatoms. The minimum Gasteiger partial charge on any atom is -0.479 e. The van der Waals surface area contributed by atoms with Crippen LogP contribution >= 0.6 is 0 Å². The average Bonchev–Trinajstić information content (AvgIpc) is 2.08. The van der Waals surface area contributed by atoms with Crippen LogP contribution in [0.4, 0.5) is 13.2 Å². The third-order valence-corrected chi connectivity index (χ3v) is 1.75. The van der Waals surface area contributed by atoms with E-state index in [2.05, 4.69) is 0 Å². The average molecular weight is 228 g/mol. The standard InChI is InChI=1S/C9H15F3O3/c1-2-4-7(8(13)14)15-6-3-5-9(10,11)12/h7H,2-6H2,1H3,(H,13,14). The van der Waals surface area contributed by atoms with Crippen LogP contribution in [0.2, 0.25) is 0 Å². The molecule has 90 valence electrons. The summed E-state index contributed by atoms with van der Waals surface area (Å²) >= 11 is 0. The maximum atomic E-state index is 11.7. The number of carboxylic acid groups (broad SMARTS) is 1. The molecule has 0 aromatic rings. The van der Waals surface area contributed by atoms with Crippen LogP contribution in [-0.2, 0) is 9.53 Å². The van der Waals surface area contributed by atoms with Gasteiger partial charge in [0.25, 0.3) is 0 Å². The van der Waals surface area contributed by atoms with Crippen LogP contribution in [0.15, 0.2) is 0 Å². The number of carbonyl (C=O) groups is 1. The highest BCUT2D eigenvalue weighted by Gasteiger charge is 2.26. The highest BCUT2D eigenvalue weighted by Crippen LogP contribution is 2.21. The van der Waals surface area contributed by atoms with Gasteiger partial charge in [-0.2, -0.15) is 13.2 Å². The number of ether oxygens (including phenoxy) is 1. The summed E-state index contributed by atoms with van der Waals surface area (Å²) in [5, 5.41) is 8.62. The normalized spacial score (nSPS) is 13.9. The van der Waals surface area contributed by atoms with Crippen LogP contribution in [0, 0.1) is 0 Å². The van der Waals surface area contributed by atoms with Gasteiger partial charge in [0.2, 0.25) is 0 Å². The summed E-state index contributed by atoms with van der Waals surface area (Å²) in [5.74, 6) is -1.12. The molecule has 0 radical (unpaired) electrons. The minimum absolute atomic E-state index is 0.170. The summed E-state index contributed by atoms with van der Waals surface area (Å²) in [6, 6.07) is 0. The van der Waals surface area contributed by atoms with E-state index in [4.69, 9.17) is 9.84 Å². The van der Waals surface area contributed by atoms with Crippen LogP contribution in [0.1, 0.15) is 32.6 Å². The number of rotatable bonds is 7. The Bertz CT molecular complexity index is 192. The Labute approximate surface area is 86.2 Å². The zero-order chi connectivity index (χ0) is 11.9. The van der Waals surface area contributed by atoms with Crippen LogP contribution < -0.4 is 0 Å². The predicted molar refractivity (Wildman–Crippen MR) is 47.6 cm³/mol.